The molecular formula is C12H10O2S. The molecule has 0 fully saturated rings. The van der Waals surface area contributed by atoms with Crippen LogP contribution < -0.4 is 0 Å². The van der Waals surface area contributed by atoms with E-state index in [1.54, 1.807) is 23.8 Å². The zero-order valence-electron chi connectivity index (χ0n) is 8.00. The van der Waals surface area contributed by atoms with Gasteiger partial charge in [-0.05, 0) is 30.3 Å². The van der Waals surface area contributed by atoms with E-state index >= 15 is 0 Å². The Morgan fingerprint density at radius 3 is 2.53 bits per heavy atom. The van der Waals surface area contributed by atoms with Gasteiger partial charge in [0.15, 0.2) is 0 Å². The molecule has 0 aliphatic carbocycles. The van der Waals surface area contributed by atoms with Crippen LogP contribution in [0.5, 0.6) is 0 Å². The van der Waals surface area contributed by atoms with Crippen LogP contribution in [0.4, 0.5) is 0 Å². The Labute approximate surface area is 90.7 Å². The molecule has 2 aromatic rings. The molecule has 0 saturated heterocycles. The first-order valence-electron chi connectivity index (χ1n) is 4.53. The number of hydrogen-bond donors (Lipinski definition) is 0. The Morgan fingerprint density at radius 1 is 1.07 bits per heavy atom. The molecule has 0 N–H and O–H groups in total. The highest BCUT2D eigenvalue weighted by atomic mass is 32.2. The highest BCUT2D eigenvalue weighted by Crippen LogP contribution is 2.09. The van der Waals surface area contributed by atoms with Gasteiger partial charge in [-0.15, -0.1) is 0 Å². The van der Waals surface area contributed by atoms with Crippen molar-refractivity contribution in [1.82, 2.24) is 0 Å². The first kappa shape index (κ1) is 9.93. The molecule has 0 saturated carbocycles. The Balaban J connectivity index is 2.11. The summed E-state index contributed by atoms with van der Waals surface area (Å²) in [6, 6.07) is 12.9. The molecular weight excluding hydrogens is 208 g/mol. The van der Waals surface area contributed by atoms with Crippen molar-refractivity contribution in [3.8, 4) is 0 Å². The molecule has 2 nitrogen and oxygen atoms in total. The second kappa shape index (κ2) is 4.75. The lowest BCUT2D eigenvalue weighted by molar-refractivity contribution is 0.557. The largest absolute Gasteiger partial charge is 0.465 e. The summed E-state index contributed by atoms with van der Waals surface area (Å²) in [5.74, 6) is 0.708. The number of furan rings is 1. The molecule has 76 valence electrons. The predicted octanol–water partition coefficient (Wildman–Crippen LogP) is 3.06. The quantitative estimate of drug-likeness (QED) is 0.792. The smallest absolute Gasteiger partial charge is 0.127 e. The lowest BCUT2D eigenvalue weighted by Crippen LogP contribution is -1.84. The summed E-state index contributed by atoms with van der Waals surface area (Å²) in [6.45, 7) is 0. The van der Waals surface area contributed by atoms with Gasteiger partial charge in [-0.25, -0.2) is 4.21 Å². The van der Waals surface area contributed by atoms with Gasteiger partial charge in [0.2, 0.25) is 0 Å². The third-order valence-electron chi connectivity index (χ3n) is 1.87. The topological polar surface area (TPSA) is 30.2 Å². The van der Waals surface area contributed by atoms with Crippen LogP contribution in [0.1, 0.15) is 5.76 Å². The summed E-state index contributed by atoms with van der Waals surface area (Å²) < 4.78 is 16.8. The van der Waals surface area contributed by atoms with Crippen LogP contribution >= 0.6 is 0 Å². The van der Waals surface area contributed by atoms with Crippen LogP contribution in [-0.4, -0.2) is 4.21 Å². The van der Waals surface area contributed by atoms with Gasteiger partial charge in [0, 0.05) is 10.3 Å². The highest BCUT2D eigenvalue weighted by Gasteiger charge is 1.97. The standard InChI is InChI=1S/C12H10O2S/c13-15(12-6-2-1-3-7-12)10-8-11-5-4-9-14-11/h1-10H/b10-8-. The Kier molecular flexibility index (Phi) is 3.15. The molecule has 0 aliphatic heterocycles. The van der Waals surface area contributed by atoms with Gasteiger partial charge in [0.25, 0.3) is 0 Å². The van der Waals surface area contributed by atoms with E-state index in [-0.39, 0.29) is 0 Å². The summed E-state index contributed by atoms with van der Waals surface area (Å²) in [4.78, 5) is 0.792. The second-order valence-corrected chi connectivity index (χ2v) is 4.27. The van der Waals surface area contributed by atoms with Gasteiger partial charge in [-0.1, -0.05) is 18.2 Å². The van der Waals surface area contributed by atoms with E-state index in [9.17, 15) is 4.21 Å². The van der Waals surface area contributed by atoms with Crippen LogP contribution in [-0.2, 0) is 10.8 Å². The minimum absolute atomic E-state index is 0.708. The lowest BCUT2D eigenvalue weighted by atomic mass is 10.4. The molecule has 0 radical (unpaired) electrons. The highest BCUT2D eigenvalue weighted by molar-refractivity contribution is 7.88. The van der Waals surface area contributed by atoms with Crippen LogP contribution in [0.2, 0.25) is 0 Å². The summed E-state index contributed by atoms with van der Waals surface area (Å²) in [5, 5.41) is 1.62. The summed E-state index contributed by atoms with van der Waals surface area (Å²) >= 11 is 0. The van der Waals surface area contributed by atoms with Crippen molar-refractivity contribution < 1.29 is 8.63 Å². The van der Waals surface area contributed by atoms with Crippen LogP contribution in [0, 0.1) is 0 Å². The third-order valence-corrected chi connectivity index (χ3v) is 2.99. The molecule has 1 aromatic heterocycles. The second-order valence-electron chi connectivity index (χ2n) is 2.93. The zero-order chi connectivity index (χ0) is 10.5. The van der Waals surface area contributed by atoms with E-state index in [1.807, 2.05) is 36.4 Å². The van der Waals surface area contributed by atoms with Crippen LogP contribution in [0.15, 0.2) is 63.4 Å². The SMILES string of the molecule is O=S(/C=C\c1ccco1)c1ccccc1. The fourth-order valence-electron chi connectivity index (χ4n) is 1.15. The van der Waals surface area contributed by atoms with Crippen molar-refractivity contribution in [1.29, 1.82) is 0 Å². The van der Waals surface area contributed by atoms with Gasteiger partial charge in [0.05, 0.1) is 17.1 Å². The van der Waals surface area contributed by atoms with Crippen molar-refractivity contribution in [2.75, 3.05) is 0 Å². The monoisotopic (exact) mass is 218 g/mol. The number of benzene rings is 1. The molecule has 3 heteroatoms. The van der Waals surface area contributed by atoms with Crippen LogP contribution in [0.3, 0.4) is 0 Å². The average molecular weight is 218 g/mol. The molecule has 1 atom stereocenters. The molecule has 15 heavy (non-hydrogen) atoms. The van der Waals surface area contributed by atoms with Gasteiger partial charge >= 0.3 is 0 Å². The van der Waals surface area contributed by atoms with Crippen molar-refractivity contribution in [2.24, 2.45) is 0 Å². The van der Waals surface area contributed by atoms with Crippen LogP contribution in [0.25, 0.3) is 6.08 Å². The summed E-state index contributed by atoms with van der Waals surface area (Å²) in [6.07, 6.45) is 3.30. The Morgan fingerprint density at radius 2 is 1.87 bits per heavy atom. The summed E-state index contributed by atoms with van der Waals surface area (Å²) in [5.41, 5.74) is 0. The van der Waals surface area contributed by atoms with Gasteiger partial charge in [-0.2, -0.15) is 0 Å². The van der Waals surface area contributed by atoms with E-state index in [1.165, 1.54) is 0 Å². The maximum absolute atomic E-state index is 11.7. The maximum atomic E-state index is 11.7. The molecule has 1 heterocycles. The van der Waals surface area contributed by atoms with Gasteiger partial charge in [-0.3, -0.25) is 0 Å². The molecule has 1 unspecified atom stereocenters. The minimum Gasteiger partial charge on any atom is -0.465 e. The molecule has 0 aliphatic rings. The lowest BCUT2D eigenvalue weighted by Gasteiger charge is -1.93. The summed E-state index contributed by atoms with van der Waals surface area (Å²) in [7, 11) is -1.11. The molecule has 0 amide bonds. The molecule has 0 spiro atoms. The first-order chi connectivity index (χ1) is 7.36. The predicted molar refractivity (Wildman–Crippen MR) is 60.6 cm³/mol. The molecule has 2 rings (SSSR count). The molecule has 0 bridgehead atoms. The van der Waals surface area contributed by atoms with E-state index in [0.29, 0.717) is 5.76 Å². The normalized spacial score (nSPS) is 13.1. The Bertz CT molecular complexity index is 458. The van der Waals surface area contributed by atoms with E-state index in [2.05, 4.69) is 0 Å². The van der Waals surface area contributed by atoms with Gasteiger partial charge < -0.3 is 4.42 Å². The Hall–Kier alpha value is -1.61. The number of hydrogen-bond acceptors (Lipinski definition) is 2. The number of rotatable bonds is 3. The van der Waals surface area contributed by atoms with E-state index in [4.69, 9.17) is 4.42 Å². The fourth-order valence-corrected chi connectivity index (χ4v) is 1.99. The average Bonchev–Trinajstić information content (AvgIpc) is 2.80. The third kappa shape index (κ3) is 2.67. The maximum Gasteiger partial charge on any atom is 0.127 e. The van der Waals surface area contributed by atoms with E-state index in [0.717, 1.165) is 4.90 Å². The van der Waals surface area contributed by atoms with Crippen molar-refractivity contribution in [3.63, 3.8) is 0 Å². The first-order valence-corrected chi connectivity index (χ1v) is 5.75. The minimum atomic E-state index is -1.11. The van der Waals surface area contributed by atoms with Gasteiger partial charge in [0.1, 0.15) is 5.76 Å². The van der Waals surface area contributed by atoms with Crippen molar-refractivity contribution in [3.05, 3.63) is 59.9 Å². The van der Waals surface area contributed by atoms with Crippen molar-refractivity contribution in [2.45, 2.75) is 4.90 Å². The molecule has 1 aromatic carbocycles. The zero-order valence-corrected chi connectivity index (χ0v) is 8.81. The van der Waals surface area contributed by atoms with E-state index < -0.39 is 10.8 Å². The van der Waals surface area contributed by atoms with Crippen molar-refractivity contribution >= 4 is 16.9 Å². The fraction of sp³-hybridized carbons (Fsp3) is 0.